The zero-order valence-corrected chi connectivity index (χ0v) is 12.5. The van der Waals surface area contributed by atoms with Gasteiger partial charge in [0.05, 0.1) is 28.5 Å². The third kappa shape index (κ3) is 3.59. The molecule has 102 valence electrons. The smallest absolute Gasteiger partial charge is 0.316 e. The first kappa shape index (κ1) is 14.6. The van der Waals surface area contributed by atoms with Gasteiger partial charge in [-0.05, 0) is 30.5 Å². The lowest BCUT2D eigenvalue weighted by molar-refractivity contribution is -0.139. The largest absolute Gasteiger partial charge is 0.465 e. The summed E-state index contributed by atoms with van der Waals surface area (Å²) in [5.41, 5.74) is 1.28. The van der Waals surface area contributed by atoms with Crippen LogP contribution in [0.25, 0.3) is 10.6 Å². The number of thioether (sulfide) groups is 1. The summed E-state index contributed by atoms with van der Waals surface area (Å²) in [4.78, 5) is 16.9. The second-order valence-electron chi connectivity index (χ2n) is 3.73. The van der Waals surface area contributed by atoms with Gasteiger partial charge in [0.25, 0.3) is 0 Å². The fraction of sp³-hybridized carbons (Fsp3) is 0.214. The van der Waals surface area contributed by atoms with Crippen molar-refractivity contribution in [3.8, 4) is 16.6 Å². The Morgan fingerprint density at radius 2 is 2.35 bits per heavy atom. The molecule has 4 nitrogen and oxygen atoms in total. The summed E-state index contributed by atoms with van der Waals surface area (Å²) in [5, 5.41) is 11.6. The van der Waals surface area contributed by atoms with Crippen molar-refractivity contribution in [2.45, 2.75) is 11.9 Å². The van der Waals surface area contributed by atoms with Crippen LogP contribution >= 0.6 is 23.1 Å². The standard InChI is InChI=1S/C14H12N2O2S2/c1-2-18-13(17)9-20-14-10(8-15)5-6-11(16-14)12-4-3-7-19-12/h3-7H,2,9H2,1H3. The van der Waals surface area contributed by atoms with E-state index in [0.29, 0.717) is 17.2 Å². The number of hydrogen-bond acceptors (Lipinski definition) is 6. The van der Waals surface area contributed by atoms with Crippen molar-refractivity contribution in [1.29, 1.82) is 5.26 Å². The zero-order chi connectivity index (χ0) is 14.4. The average molecular weight is 304 g/mol. The Balaban J connectivity index is 2.20. The van der Waals surface area contributed by atoms with Gasteiger partial charge in [-0.25, -0.2) is 4.98 Å². The van der Waals surface area contributed by atoms with Gasteiger partial charge in [0.1, 0.15) is 11.1 Å². The third-order valence-electron chi connectivity index (χ3n) is 2.39. The van der Waals surface area contributed by atoms with Crippen LogP contribution in [0.1, 0.15) is 12.5 Å². The molecule has 0 fully saturated rings. The van der Waals surface area contributed by atoms with Crippen LogP contribution in [-0.2, 0) is 9.53 Å². The van der Waals surface area contributed by atoms with E-state index in [0.717, 1.165) is 10.6 Å². The molecular weight excluding hydrogens is 292 g/mol. The molecule has 0 atom stereocenters. The first-order valence-corrected chi connectivity index (χ1v) is 7.84. The summed E-state index contributed by atoms with van der Waals surface area (Å²) in [7, 11) is 0. The molecule has 2 rings (SSSR count). The van der Waals surface area contributed by atoms with E-state index >= 15 is 0 Å². The van der Waals surface area contributed by atoms with Crippen molar-refractivity contribution >= 4 is 29.1 Å². The normalized spacial score (nSPS) is 10.0. The Hall–Kier alpha value is -1.84. The number of nitrogens with zero attached hydrogens (tertiary/aromatic N) is 2. The summed E-state index contributed by atoms with van der Waals surface area (Å²) >= 11 is 2.81. The number of thiophene rings is 1. The van der Waals surface area contributed by atoms with Gasteiger partial charge in [-0.3, -0.25) is 4.79 Å². The molecule has 0 saturated carbocycles. The maximum absolute atomic E-state index is 11.4. The Bertz CT molecular complexity index is 633. The van der Waals surface area contributed by atoms with Crippen molar-refractivity contribution in [2.24, 2.45) is 0 Å². The highest BCUT2D eigenvalue weighted by Gasteiger charge is 2.11. The van der Waals surface area contributed by atoms with Gasteiger partial charge in [-0.2, -0.15) is 5.26 Å². The number of pyridine rings is 1. The highest BCUT2D eigenvalue weighted by atomic mass is 32.2. The Kier molecular flexibility index (Phi) is 5.16. The van der Waals surface area contributed by atoms with Crippen molar-refractivity contribution in [1.82, 2.24) is 4.98 Å². The quantitative estimate of drug-likeness (QED) is 0.626. The summed E-state index contributed by atoms with van der Waals surface area (Å²) in [5.74, 6) is -0.145. The monoisotopic (exact) mass is 304 g/mol. The molecule has 0 aliphatic rings. The predicted molar refractivity (Wildman–Crippen MR) is 79.6 cm³/mol. The maximum atomic E-state index is 11.4. The lowest BCUT2D eigenvalue weighted by Gasteiger charge is -2.05. The van der Waals surface area contributed by atoms with E-state index in [1.807, 2.05) is 23.6 Å². The van der Waals surface area contributed by atoms with Crippen molar-refractivity contribution < 1.29 is 9.53 Å². The van der Waals surface area contributed by atoms with E-state index in [1.165, 1.54) is 11.8 Å². The summed E-state index contributed by atoms with van der Waals surface area (Å²) in [6.45, 7) is 2.12. The number of esters is 1. The molecule has 2 aromatic rings. The number of ether oxygens (including phenoxy) is 1. The number of nitriles is 1. The van der Waals surface area contributed by atoms with Gasteiger partial charge in [0, 0.05) is 0 Å². The van der Waals surface area contributed by atoms with E-state index in [-0.39, 0.29) is 11.7 Å². The van der Waals surface area contributed by atoms with E-state index in [4.69, 9.17) is 10.00 Å². The van der Waals surface area contributed by atoms with E-state index in [9.17, 15) is 4.79 Å². The van der Waals surface area contributed by atoms with Crippen LogP contribution in [-0.4, -0.2) is 23.3 Å². The number of carbonyl (C=O) groups excluding carboxylic acids is 1. The van der Waals surface area contributed by atoms with Crippen molar-refractivity contribution in [2.75, 3.05) is 12.4 Å². The van der Waals surface area contributed by atoms with Gasteiger partial charge in [0.2, 0.25) is 0 Å². The summed E-state index contributed by atoms with van der Waals surface area (Å²) in [6, 6.07) is 9.56. The van der Waals surface area contributed by atoms with Crippen LogP contribution in [0, 0.1) is 11.3 Å². The maximum Gasteiger partial charge on any atom is 0.316 e. The van der Waals surface area contributed by atoms with Crippen LogP contribution < -0.4 is 0 Å². The Labute approximate surface area is 125 Å². The van der Waals surface area contributed by atoms with Gasteiger partial charge in [0.15, 0.2) is 0 Å². The second-order valence-corrected chi connectivity index (χ2v) is 5.64. The minimum Gasteiger partial charge on any atom is -0.465 e. The molecule has 0 aliphatic carbocycles. The molecule has 6 heteroatoms. The number of carbonyl (C=O) groups is 1. The van der Waals surface area contributed by atoms with E-state index in [1.54, 1.807) is 24.3 Å². The number of hydrogen-bond donors (Lipinski definition) is 0. The first-order valence-electron chi connectivity index (χ1n) is 5.98. The van der Waals surface area contributed by atoms with Gasteiger partial charge < -0.3 is 4.74 Å². The topological polar surface area (TPSA) is 63.0 Å². The highest BCUT2D eigenvalue weighted by molar-refractivity contribution is 7.99. The minimum absolute atomic E-state index is 0.156. The van der Waals surface area contributed by atoms with Crippen molar-refractivity contribution in [3.63, 3.8) is 0 Å². The molecule has 0 amide bonds. The predicted octanol–water partition coefficient (Wildman–Crippen LogP) is 3.34. The van der Waals surface area contributed by atoms with Crippen LogP contribution in [0.15, 0.2) is 34.7 Å². The minimum atomic E-state index is -0.301. The van der Waals surface area contributed by atoms with Gasteiger partial charge >= 0.3 is 5.97 Å². The van der Waals surface area contributed by atoms with Crippen LogP contribution in [0.3, 0.4) is 0 Å². The van der Waals surface area contributed by atoms with E-state index < -0.39 is 0 Å². The molecule has 2 heterocycles. The van der Waals surface area contributed by atoms with Crippen LogP contribution in [0.2, 0.25) is 0 Å². The molecule has 0 spiro atoms. The van der Waals surface area contributed by atoms with Gasteiger partial charge in [-0.15, -0.1) is 11.3 Å². The van der Waals surface area contributed by atoms with E-state index in [2.05, 4.69) is 11.1 Å². The Morgan fingerprint density at radius 3 is 3.00 bits per heavy atom. The molecule has 20 heavy (non-hydrogen) atoms. The van der Waals surface area contributed by atoms with Crippen molar-refractivity contribution in [3.05, 3.63) is 35.2 Å². The Morgan fingerprint density at radius 1 is 1.50 bits per heavy atom. The first-order chi connectivity index (χ1) is 9.74. The fourth-order valence-electron chi connectivity index (χ4n) is 1.53. The molecule has 2 aromatic heterocycles. The molecular formula is C14H12N2O2S2. The third-order valence-corrected chi connectivity index (χ3v) is 4.24. The molecule has 0 bridgehead atoms. The average Bonchev–Trinajstić information content (AvgIpc) is 2.99. The molecule has 0 saturated heterocycles. The SMILES string of the molecule is CCOC(=O)CSc1nc(-c2cccs2)ccc1C#N. The second kappa shape index (κ2) is 7.08. The highest BCUT2D eigenvalue weighted by Crippen LogP contribution is 2.27. The number of rotatable bonds is 5. The van der Waals surface area contributed by atoms with Gasteiger partial charge in [-0.1, -0.05) is 17.8 Å². The molecule has 0 aliphatic heterocycles. The zero-order valence-electron chi connectivity index (χ0n) is 10.8. The number of aromatic nitrogens is 1. The summed E-state index contributed by atoms with van der Waals surface area (Å²) < 4.78 is 4.87. The lowest BCUT2D eigenvalue weighted by atomic mass is 10.2. The fourth-order valence-corrected chi connectivity index (χ4v) is 2.99. The molecule has 0 radical (unpaired) electrons. The molecule has 0 unspecified atom stereocenters. The lowest BCUT2D eigenvalue weighted by Crippen LogP contribution is -2.07. The summed E-state index contributed by atoms with van der Waals surface area (Å²) in [6.07, 6.45) is 0. The molecule has 0 N–H and O–H groups in total. The van der Waals surface area contributed by atoms with Crippen LogP contribution in [0.4, 0.5) is 0 Å². The van der Waals surface area contributed by atoms with Crippen LogP contribution in [0.5, 0.6) is 0 Å². The molecule has 0 aromatic carbocycles.